The van der Waals surface area contributed by atoms with Crippen LogP contribution in [0.15, 0.2) is 29.2 Å². The third-order valence-electron chi connectivity index (χ3n) is 5.61. The lowest BCUT2D eigenvalue weighted by atomic mass is 10.1. The molecule has 0 fully saturated rings. The molecule has 1 aliphatic heterocycles. The number of carbonyl (C=O) groups is 1. The van der Waals surface area contributed by atoms with Gasteiger partial charge >= 0.3 is 6.18 Å². The van der Waals surface area contributed by atoms with E-state index in [1.165, 1.54) is 17.3 Å². The van der Waals surface area contributed by atoms with Gasteiger partial charge in [-0.25, -0.2) is 8.78 Å². The topological polar surface area (TPSA) is 91.6 Å². The van der Waals surface area contributed by atoms with Crippen molar-refractivity contribution in [3.63, 3.8) is 0 Å². The molecule has 15 heteroatoms. The molecule has 0 spiro atoms. The maximum absolute atomic E-state index is 14.0. The summed E-state index contributed by atoms with van der Waals surface area (Å²) in [5, 5.41) is 20.1. The predicted molar refractivity (Wildman–Crippen MR) is 123 cm³/mol. The number of alkyl halides is 3. The predicted octanol–water partition coefficient (Wildman–Crippen LogP) is 3.69. The van der Waals surface area contributed by atoms with Gasteiger partial charge in [-0.15, -0.1) is 22.6 Å². The highest BCUT2D eigenvalue weighted by atomic mass is 35.5. The van der Waals surface area contributed by atoms with Gasteiger partial charge in [0.25, 0.3) is 5.91 Å². The van der Waals surface area contributed by atoms with Gasteiger partial charge in [0.05, 0.1) is 5.56 Å². The van der Waals surface area contributed by atoms with E-state index in [-0.39, 0.29) is 41.5 Å². The van der Waals surface area contributed by atoms with E-state index in [4.69, 9.17) is 0 Å². The fraction of sp³-hybridized carbons (Fsp3) is 0.333. The monoisotopic (exact) mass is 551 g/mol. The van der Waals surface area contributed by atoms with Crippen molar-refractivity contribution in [1.29, 1.82) is 0 Å². The second-order valence-corrected chi connectivity index (χ2v) is 8.85. The van der Waals surface area contributed by atoms with Crippen molar-refractivity contribution < 1.29 is 31.9 Å². The summed E-state index contributed by atoms with van der Waals surface area (Å²) in [4.78, 5) is 26.2. The van der Waals surface area contributed by atoms with E-state index in [0.29, 0.717) is 9.91 Å². The Hall–Kier alpha value is -3.26. The van der Waals surface area contributed by atoms with E-state index >= 15 is 0 Å². The number of amides is 1. The van der Waals surface area contributed by atoms with E-state index in [9.17, 15) is 36.6 Å². The molecule has 0 unspecified atom stereocenters. The molecule has 1 aromatic carbocycles. The molecule has 3 aromatic rings. The molecule has 0 radical (unpaired) electrons. The van der Waals surface area contributed by atoms with Crippen molar-refractivity contribution in [2.24, 2.45) is 0 Å². The minimum Gasteiger partial charge on any atom is -0.502 e. The zero-order valence-corrected chi connectivity index (χ0v) is 20.3. The van der Waals surface area contributed by atoms with E-state index < -0.39 is 53.3 Å². The molecule has 1 atom stereocenters. The Bertz CT molecular complexity index is 1360. The Balaban J connectivity index is 0.00000361. The zero-order valence-electron chi connectivity index (χ0n) is 18.7. The van der Waals surface area contributed by atoms with Gasteiger partial charge in [-0.1, -0.05) is 17.4 Å². The number of aromatic hydroxyl groups is 1. The van der Waals surface area contributed by atoms with E-state index in [0.717, 1.165) is 35.1 Å². The second-order valence-electron chi connectivity index (χ2n) is 7.78. The van der Waals surface area contributed by atoms with Gasteiger partial charge < -0.3 is 10.0 Å². The first-order valence-corrected chi connectivity index (χ1v) is 11.1. The molecular weight excluding hydrogens is 533 g/mol. The molecule has 194 valence electrons. The van der Waals surface area contributed by atoms with Crippen LogP contribution < -0.4 is 10.4 Å². The van der Waals surface area contributed by atoms with Crippen LogP contribution >= 0.6 is 23.7 Å². The fourth-order valence-electron chi connectivity index (χ4n) is 3.60. The summed E-state index contributed by atoms with van der Waals surface area (Å²) in [7, 11) is 0. The normalized spacial score (nSPS) is 14.5. The van der Waals surface area contributed by atoms with Crippen molar-refractivity contribution in [2.45, 2.75) is 32.5 Å². The second kappa shape index (κ2) is 10.0. The van der Waals surface area contributed by atoms with Crippen LogP contribution in [0.25, 0.3) is 10.6 Å². The largest absolute Gasteiger partial charge is 0.502 e. The Morgan fingerprint density at radius 3 is 2.50 bits per heavy atom. The highest BCUT2D eigenvalue weighted by molar-refractivity contribution is 7.14. The summed E-state index contributed by atoms with van der Waals surface area (Å²) in [5.74, 6) is -3.68. The summed E-state index contributed by atoms with van der Waals surface area (Å²) >= 11 is 0.916. The van der Waals surface area contributed by atoms with Crippen LogP contribution in [-0.2, 0) is 6.42 Å². The molecule has 0 saturated heterocycles. The summed E-state index contributed by atoms with van der Waals surface area (Å²) < 4.78 is 68.1. The van der Waals surface area contributed by atoms with Gasteiger partial charge in [-0.3, -0.25) is 19.3 Å². The average molecular weight is 552 g/mol. The summed E-state index contributed by atoms with van der Waals surface area (Å²) in [5.41, 5.74) is -1.60. The lowest BCUT2D eigenvalue weighted by Gasteiger charge is -2.42. The molecular formula is C21H19ClF5N5O3S. The minimum absolute atomic E-state index is 0. The third-order valence-corrected chi connectivity index (χ3v) is 6.57. The van der Waals surface area contributed by atoms with Crippen molar-refractivity contribution in [2.75, 3.05) is 18.2 Å². The highest BCUT2D eigenvalue weighted by Crippen LogP contribution is 2.32. The van der Waals surface area contributed by atoms with Gasteiger partial charge in [0.15, 0.2) is 16.5 Å². The minimum atomic E-state index is -4.71. The first-order valence-electron chi connectivity index (χ1n) is 10.3. The van der Waals surface area contributed by atoms with Crippen molar-refractivity contribution in [3.8, 4) is 16.3 Å². The number of carbonyl (C=O) groups excluding carboxylic acids is 1. The lowest BCUT2D eigenvalue weighted by Crippen LogP contribution is -2.59. The average Bonchev–Trinajstić information content (AvgIpc) is 3.25. The Labute approximate surface area is 211 Å². The molecule has 3 heterocycles. The lowest BCUT2D eigenvalue weighted by molar-refractivity contribution is -0.173. The highest BCUT2D eigenvalue weighted by Gasteiger charge is 2.46. The fourth-order valence-corrected chi connectivity index (χ4v) is 4.47. The van der Waals surface area contributed by atoms with Crippen LogP contribution in [0.4, 0.5) is 22.0 Å². The number of pyridine rings is 1. The molecule has 1 amide bonds. The maximum Gasteiger partial charge on any atom is 0.408 e. The van der Waals surface area contributed by atoms with Crippen LogP contribution in [-0.4, -0.2) is 56.2 Å². The number of rotatable bonds is 5. The first-order chi connectivity index (χ1) is 16.4. The standard InChI is InChI=1S/C21H18F5N5O3S.ClH/c1-3-29-9-30(10(2)21(24,25)26)20(34)16-18(33)17(32)13(8-31(16)29)19-28-27-15(35-19)6-11-4-5-12(22)7-14(11)23;/h4-5,7-8,10,33H,3,6,9H2,1-2H3;1H/t10-;/m1./s1. The van der Waals surface area contributed by atoms with Crippen LogP contribution in [0, 0.1) is 11.6 Å². The van der Waals surface area contributed by atoms with Gasteiger partial charge in [-0.05, 0) is 25.5 Å². The van der Waals surface area contributed by atoms with Gasteiger partial charge in [0.1, 0.15) is 29.4 Å². The Kier molecular flexibility index (Phi) is 7.60. The van der Waals surface area contributed by atoms with E-state index in [1.807, 2.05) is 0 Å². The van der Waals surface area contributed by atoms with Crippen LogP contribution in [0.5, 0.6) is 5.75 Å². The third kappa shape index (κ3) is 4.87. The molecule has 2 aromatic heterocycles. The number of hydrogen-bond acceptors (Lipinski definition) is 7. The Morgan fingerprint density at radius 2 is 1.89 bits per heavy atom. The number of nitrogens with zero attached hydrogens (tertiary/aromatic N) is 5. The molecule has 1 N–H and O–H groups in total. The number of hydrogen-bond donors (Lipinski definition) is 1. The Morgan fingerprint density at radius 1 is 1.19 bits per heavy atom. The number of benzene rings is 1. The summed E-state index contributed by atoms with van der Waals surface area (Å²) in [6.45, 7) is 2.16. The van der Waals surface area contributed by atoms with Gasteiger partial charge in [0.2, 0.25) is 5.43 Å². The van der Waals surface area contributed by atoms with Crippen molar-refractivity contribution >= 4 is 29.7 Å². The van der Waals surface area contributed by atoms with E-state index in [2.05, 4.69) is 10.2 Å². The molecule has 1 aliphatic rings. The molecule has 36 heavy (non-hydrogen) atoms. The van der Waals surface area contributed by atoms with Crippen LogP contribution in [0.1, 0.15) is 34.9 Å². The number of fused-ring (bicyclic) bond motifs is 1. The molecule has 4 rings (SSSR count). The molecule has 0 bridgehead atoms. The smallest absolute Gasteiger partial charge is 0.408 e. The van der Waals surface area contributed by atoms with E-state index in [1.54, 1.807) is 6.92 Å². The number of halogens is 6. The molecule has 0 aliphatic carbocycles. The van der Waals surface area contributed by atoms with Gasteiger partial charge in [-0.2, -0.15) is 13.2 Å². The maximum atomic E-state index is 14.0. The summed E-state index contributed by atoms with van der Waals surface area (Å²) in [6.07, 6.45) is -3.54. The van der Waals surface area contributed by atoms with Crippen molar-refractivity contribution in [1.82, 2.24) is 19.8 Å². The summed E-state index contributed by atoms with van der Waals surface area (Å²) in [6, 6.07) is 0.923. The first kappa shape index (κ1) is 27.3. The van der Waals surface area contributed by atoms with Crippen LogP contribution in [0.2, 0.25) is 0 Å². The zero-order chi connectivity index (χ0) is 25.7. The molecule has 8 nitrogen and oxygen atoms in total. The van der Waals surface area contributed by atoms with Gasteiger partial charge in [0, 0.05) is 25.2 Å². The molecule has 0 saturated carbocycles. The SMILES string of the molecule is CCN1CN([C@H](C)C(F)(F)F)C(=O)c2c(O)c(=O)c(-c3nnc(Cc4ccc(F)cc4F)s3)cn21.Cl. The number of aromatic nitrogens is 3. The van der Waals surface area contributed by atoms with Crippen LogP contribution in [0.3, 0.4) is 0 Å². The van der Waals surface area contributed by atoms with Crippen molar-refractivity contribution in [3.05, 3.63) is 62.5 Å². The quantitative estimate of drug-likeness (QED) is 0.487.